The second kappa shape index (κ2) is 10.9. The van der Waals surface area contributed by atoms with E-state index in [4.69, 9.17) is 18.9 Å². The molecule has 11 heteroatoms. The van der Waals surface area contributed by atoms with Crippen molar-refractivity contribution < 1.29 is 23.7 Å². The van der Waals surface area contributed by atoms with Crippen molar-refractivity contribution in [3.05, 3.63) is 64.2 Å². The molecule has 188 valence electrons. The van der Waals surface area contributed by atoms with Gasteiger partial charge in [0.25, 0.3) is 11.5 Å². The highest BCUT2D eigenvalue weighted by atomic mass is 16.5. The molecule has 0 unspecified atom stereocenters. The van der Waals surface area contributed by atoms with Crippen LogP contribution in [0.5, 0.6) is 17.2 Å². The number of methoxy groups -OCH3 is 4. The lowest BCUT2D eigenvalue weighted by Gasteiger charge is -2.13. The van der Waals surface area contributed by atoms with Crippen LogP contribution in [0, 0.1) is 0 Å². The van der Waals surface area contributed by atoms with Crippen molar-refractivity contribution >= 4 is 16.7 Å². The van der Waals surface area contributed by atoms with E-state index in [1.165, 1.54) is 26.0 Å². The number of amides is 1. The van der Waals surface area contributed by atoms with Crippen LogP contribution in [0.25, 0.3) is 22.0 Å². The molecule has 4 rings (SSSR count). The van der Waals surface area contributed by atoms with Crippen LogP contribution < -0.4 is 25.1 Å². The van der Waals surface area contributed by atoms with Crippen LogP contribution in [0.15, 0.2) is 47.3 Å². The van der Waals surface area contributed by atoms with Crippen LogP contribution in [-0.2, 0) is 17.8 Å². The lowest BCUT2D eigenvalue weighted by molar-refractivity contribution is 0.0945. The highest BCUT2D eigenvalue weighted by Gasteiger charge is 2.18. The van der Waals surface area contributed by atoms with E-state index < -0.39 is 0 Å². The van der Waals surface area contributed by atoms with Crippen molar-refractivity contribution in [2.75, 3.05) is 35.0 Å². The van der Waals surface area contributed by atoms with E-state index in [0.717, 1.165) is 0 Å². The molecule has 2 aromatic carbocycles. The first kappa shape index (κ1) is 24.7. The summed E-state index contributed by atoms with van der Waals surface area (Å²) in [5.41, 5.74) is 1.82. The maximum Gasteiger partial charge on any atom is 0.274 e. The van der Waals surface area contributed by atoms with Gasteiger partial charge >= 0.3 is 0 Å². The van der Waals surface area contributed by atoms with Gasteiger partial charge in [0.2, 0.25) is 5.75 Å². The highest BCUT2D eigenvalue weighted by Crippen LogP contribution is 2.40. The van der Waals surface area contributed by atoms with Gasteiger partial charge < -0.3 is 24.3 Å². The molecule has 4 aromatic rings. The Morgan fingerprint density at radius 3 is 2.33 bits per heavy atom. The van der Waals surface area contributed by atoms with E-state index in [1.807, 2.05) is 12.1 Å². The molecular formula is C25H27N5O6. The van der Waals surface area contributed by atoms with E-state index in [9.17, 15) is 9.59 Å². The first-order valence-corrected chi connectivity index (χ1v) is 11.1. The molecule has 0 bridgehead atoms. The standard InChI is InChI=1S/C25H27N5O6/c1-33-10-9-30-25(32)17-8-6-5-7-16(17)20(29-30)14-26-24(31)19-13-18(27-28-19)15-11-21(34-2)23(36-4)22(12-15)35-3/h5-8,11-13H,9-10,14H2,1-4H3,(H,26,31)(H,27,28). The number of fused-ring (bicyclic) bond motifs is 1. The summed E-state index contributed by atoms with van der Waals surface area (Å²) in [6.07, 6.45) is 0. The van der Waals surface area contributed by atoms with Gasteiger partial charge in [-0.05, 0) is 24.3 Å². The minimum Gasteiger partial charge on any atom is -0.493 e. The fourth-order valence-electron chi connectivity index (χ4n) is 3.84. The number of hydrogen-bond donors (Lipinski definition) is 2. The first-order chi connectivity index (χ1) is 17.5. The van der Waals surface area contributed by atoms with Gasteiger partial charge in [-0.15, -0.1) is 0 Å². The summed E-state index contributed by atoms with van der Waals surface area (Å²) < 4.78 is 22.6. The summed E-state index contributed by atoms with van der Waals surface area (Å²) >= 11 is 0. The number of benzene rings is 2. The second-order valence-corrected chi connectivity index (χ2v) is 7.78. The van der Waals surface area contributed by atoms with Crippen LogP contribution in [-0.4, -0.2) is 60.9 Å². The zero-order valence-electron chi connectivity index (χ0n) is 20.5. The molecule has 0 radical (unpaired) electrons. The third-order valence-corrected chi connectivity index (χ3v) is 5.65. The average Bonchev–Trinajstić information content (AvgIpc) is 3.41. The molecule has 0 fully saturated rings. The molecule has 0 aliphatic carbocycles. The molecule has 0 atom stereocenters. The molecule has 0 saturated heterocycles. The largest absolute Gasteiger partial charge is 0.493 e. The van der Waals surface area contributed by atoms with Crippen LogP contribution in [0.1, 0.15) is 16.2 Å². The SMILES string of the molecule is COCCn1nc(CNC(=O)c2cc(-c3cc(OC)c(OC)c(OC)c3)n[nH]2)c2ccccc2c1=O. The second-order valence-electron chi connectivity index (χ2n) is 7.78. The third kappa shape index (κ3) is 4.86. The van der Waals surface area contributed by atoms with Gasteiger partial charge in [-0.3, -0.25) is 14.7 Å². The van der Waals surface area contributed by atoms with Crippen LogP contribution in [0.4, 0.5) is 0 Å². The minimum atomic E-state index is -0.373. The Morgan fingerprint density at radius 1 is 1.00 bits per heavy atom. The topological polar surface area (TPSA) is 130 Å². The molecule has 2 aromatic heterocycles. The molecular weight excluding hydrogens is 466 g/mol. The lowest BCUT2D eigenvalue weighted by Crippen LogP contribution is -2.29. The number of aromatic amines is 1. The molecule has 0 saturated carbocycles. The molecule has 0 aliphatic rings. The number of carbonyl (C=O) groups excluding carboxylic acids is 1. The number of nitrogens with one attached hydrogen (secondary N) is 2. The van der Waals surface area contributed by atoms with E-state index in [1.54, 1.807) is 37.4 Å². The monoisotopic (exact) mass is 493 g/mol. The van der Waals surface area contributed by atoms with Crippen molar-refractivity contribution in [3.63, 3.8) is 0 Å². The van der Waals surface area contributed by atoms with E-state index in [-0.39, 0.29) is 23.7 Å². The predicted molar refractivity (Wildman–Crippen MR) is 133 cm³/mol. The first-order valence-electron chi connectivity index (χ1n) is 11.1. The molecule has 11 nitrogen and oxygen atoms in total. The van der Waals surface area contributed by atoms with E-state index in [2.05, 4.69) is 20.6 Å². The summed E-state index contributed by atoms with van der Waals surface area (Å²) in [6, 6.07) is 12.3. The molecule has 2 N–H and O–H groups in total. The van der Waals surface area contributed by atoms with Crippen molar-refractivity contribution in [2.45, 2.75) is 13.1 Å². The molecule has 2 heterocycles. The Morgan fingerprint density at radius 2 is 1.69 bits per heavy atom. The number of ether oxygens (including phenoxy) is 4. The third-order valence-electron chi connectivity index (χ3n) is 5.65. The summed E-state index contributed by atoms with van der Waals surface area (Å²) in [7, 11) is 6.14. The number of hydrogen-bond acceptors (Lipinski definition) is 8. The van der Waals surface area contributed by atoms with Crippen molar-refractivity contribution in [2.24, 2.45) is 0 Å². The maximum absolute atomic E-state index is 12.9. The van der Waals surface area contributed by atoms with Crippen molar-refractivity contribution in [1.29, 1.82) is 0 Å². The van der Waals surface area contributed by atoms with Gasteiger partial charge in [-0.25, -0.2) is 4.68 Å². The summed E-state index contributed by atoms with van der Waals surface area (Å²) in [5, 5.41) is 15.5. The van der Waals surface area contributed by atoms with E-state index in [0.29, 0.717) is 58.1 Å². The summed E-state index contributed by atoms with van der Waals surface area (Å²) in [6.45, 7) is 0.764. The number of H-pyrrole nitrogens is 1. The van der Waals surface area contributed by atoms with Crippen molar-refractivity contribution in [1.82, 2.24) is 25.3 Å². The Balaban J connectivity index is 1.57. The fourth-order valence-corrected chi connectivity index (χ4v) is 3.84. The van der Waals surface area contributed by atoms with Gasteiger partial charge in [0.05, 0.1) is 57.8 Å². The molecule has 0 aliphatic heterocycles. The number of carbonyl (C=O) groups is 1. The van der Waals surface area contributed by atoms with Gasteiger partial charge in [0.1, 0.15) is 5.69 Å². The normalized spacial score (nSPS) is 10.9. The number of aromatic nitrogens is 4. The Labute approximate surface area is 206 Å². The molecule has 1 amide bonds. The fraction of sp³-hybridized carbons (Fsp3) is 0.280. The average molecular weight is 494 g/mol. The number of rotatable bonds is 10. The molecule has 36 heavy (non-hydrogen) atoms. The Kier molecular flexibility index (Phi) is 7.50. The van der Waals surface area contributed by atoms with E-state index >= 15 is 0 Å². The summed E-state index contributed by atoms with van der Waals surface area (Å²) in [4.78, 5) is 25.6. The zero-order chi connectivity index (χ0) is 25.7. The molecule has 0 spiro atoms. The smallest absolute Gasteiger partial charge is 0.274 e. The minimum absolute atomic E-state index is 0.116. The van der Waals surface area contributed by atoms with Crippen LogP contribution in [0.3, 0.4) is 0 Å². The van der Waals surface area contributed by atoms with Gasteiger partial charge in [-0.1, -0.05) is 18.2 Å². The lowest BCUT2D eigenvalue weighted by atomic mass is 10.1. The quantitative estimate of drug-likeness (QED) is 0.345. The highest BCUT2D eigenvalue weighted by molar-refractivity contribution is 5.93. The Bertz CT molecular complexity index is 1420. The van der Waals surface area contributed by atoms with Gasteiger partial charge in [0.15, 0.2) is 11.5 Å². The van der Waals surface area contributed by atoms with Gasteiger partial charge in [0, 0.05) is 18.1 Å². The van der Waals surface area contributed by atoms with Gasteiger partial charge in [-0.2, -0.15) is 10.2 Å². The predicted octanol–water partition coefficient (Wildman–Crippen LogP) is 2.39. The summed E-state index contributed by atoms with van der Waals surface area (Å²) in [5.74, 6) is 1.04. The van der Waals surface area contributed by atoms with Crippen LogP contribution in [0.2, 0.25) is 0 Å². The Hall–Kier alpha value is -4.38. The number of nitrogens with zero attached hydrogens (tertiary/aromatic N) is 3. The van der Waals surface area contributed by atoms with Crippen LogP contribution >= 0.6 is 0 Å². The zero-order valence-corrected chi connectivity index (χ0v) is 20.5. The maximum atomic E-state index is 12.9. The van der Waals surface area contributed by atoms with Crippen molar-refractivity contribution in [3.8, 4) is 28.5 Å².